The van der Waals surface area contributed by atoms with E-state index in [1.54, 1.807) is 12.1 Å². The molecule has 4 aromatic rings. The van der Waals surface area contributed by atoms with Crippen LogP contribution in [0.2, 0.25) is 0 Å². The number of quaternary nitrogens is 2. The van der Waals surface area contributed by atoms with E-state index >= 15 is 0 Å². The van der Waals surface area contributed by atoms with E-state index in [4.69, 9.17) is 0 Å². The molecule has 4 amide bonds. The molecule has 12 heteroatoms. The van der Waals surface area contributed by atoms with Crippen LogP contribution in [0.5, 0.6) is 0 Å². The van der Waals surface area contributed by atoms with Gasteiger partial charge in [-0.05, 0) is 36.4 Å². The quantitative estimate of drug-likeness (QED) is 0.0565. The van der Waals surface area contributed by atoms with Crippen molar-refractivity contribution in [2.45, 2.75) is 12.8 Å². The molecule has 274 valence electrons. The number of nitrogens with one attached hydrogen (secondary N) is 2. The van der Waals surface area contributed by atoms with Crippen molar-refractivity contribution in [2.24, 2.45) is 0 Å². The van der Waals surface area contributed by atoms with Gasteiger partial charge in [0.15, 0.2) is 0 Å². The molecule has 2 aliphatic rings. The summed E-state index contributed by atoms with van der Waals surface area (Å²) in [5.74, 6) is 1.18. The van der Waals surface area contributed by atoms with Crippen LogP contribution in [0.1, 0.15) is 54.3 Å². The third-order valence-corrected chi connectivity index (χ3v) is 12.7. The molecule has 0 spiro atoms. The van der Waals surface area contributed by atoms with Gasteiger partial charge in [0.2, 0.25) is 0 Å². The third kappa shape index (κ3) is 7.80. The van der Waals surface area contributed by atoms with Gasteiger partial charge in [-0.15, -0.1) is 0 Å². The second-order valence-electron chi connectivity index (χ2n) is 15.1. The molecular weight excluding hydrogens is 693 g/mol. The summed E-state index contributed by atoms with van der Waals surface area (Å²) in [4.78, 5) is 53.2. The van der Waals surface area contributed by atoms with Crippen LogP contribution in [0.25, 0.3) is 21.5 Å². The topological polar surface area (TPSA) is 98.8 Å². The normalized spacial score (nSPS) is 14.6. The van der Waals surface area contributed by atoms with Gasteiger partial charge in [-0.1, -0.05) is 45.9 Å². The number of carbonyl (C=O) groups is 4. The number of amides is 4. The lowest BCUT2D eigenvalue weighted by atomic mass is 9.93. The highest BCUT2D eigenvalue weighted by atomic mass is 33.1. The van der Waals surface area contributed by atoms with Crippen molar-refractivity contribution in [1.82, 2.24) is 9.80 Å². The van der Waals surface area contributed by atoms with Gasteiger partial charge in [-0.3, -0.25) is 29.0 Å². The largest absolute Gasteiger partial charge is 0.384 e. The number of benzene rings is 4. The maximum absolute atomic E-state index is 12.7. The van der Waals surface area contributed by atoms with Gasteiger partial charge in [0.25, 0.3) is 23.6 Å². The zero-order chi connectivity index (χ0) is 37.2. The van der Waals surface area contributed by atoms with Crippen molar-refractivity contribution >= 4 is 78.1 Å². The number of carbonyl (C=O) groups excluding carboxylic acids is 4. The molecule has 0 fully saturated rings. The molecule has 0 aromatic heterocycles. The summed E-state index contributed by atoms with van der Waals surface area (Å²) in [6, 6.07) is 18.9. The van der Waals surface area contributed by atoms with E-state index < -0.39 is 0 Å². The standard InChI is InChI=1S/C40H48N6O4S2/c1-43-37(47)29-13-7-11-27-33(17-15-31(35(27)29)39(43)49)41-19-9-21-45(3,4)23-25-51-52-26-24-46(5,6)22-10-20-42-34-18-16-32-36-28(34)12-8-14-30(36)38(48)44(2)40(32)50/h7-8,11-18H,9-10,19-26H2,1-6H3/p+2. The number of hydrogen-bond donors (Lipinski definition) is 2. The second-order valence-corrected chi connectivity index (χ2v) is 17.8. The second kappa shape index (κ2) is 15.5. The summed E-state index contributed by atoms with van der Waals surface area (Å²) in [7, 11) is 16.2. The maximum Gasteiger partial charge on any atom is 0.261 e. The fourth-order valence-electron chi connectivity index (χ4n) is 7.11. The van der Waals surface area contributed by atoms with Crippen molar-refractivity contribution in [3.8, 4) is 0 Å². The fraction of sp³-hybridized carbons (Fsp3) is 0.400. The SMILES string of the molecule is CN1C(=O)c2cccc3c(NCCC[N+](C)(C)CCSSCC[N+](C)(C)CCCNc4ccc5c6c(cccc46)C(=O)N(C)C5=O)ccc(c23)C1=O. The Morgan fingerprint density at radius 1 is 0.519 bits per heavy atom. The molecule has 0 unspecified atom stereocenters. The summed E-state index contributed by atoms with van der Waals surface area (Å²) < 4.78 is 1.90. The molecule has 2 aliphatic heterocycles. The van der Waals surface area contributed by atoms with E-state index in [0.717, 1.165) is 106 Å². The van der Waals surface area contributed by atoms with Crippen LogP contribution < -0.4 is 10.6 Å². The van der Waals surface area contributed by atoms with Crippen LogP contribution in [0.4, 0.5) is 11.4 Å². The molecule has 52 heavy (non-hydrogen) atoms. The van der Waals surface area contributed by atoms with Crippen LogP contribution in [-0.2, 0) is 0 Å². The van der Waals surface area contributed by atoms with Crippen LogP contribution in [0.15, 0.2) is 60.7 Å². The van der Waals surface area contributed by atoms with Crippen molar-refractivity contribution in [3.05, 3.63) is 82.9 Å². The minimum atomic E-state index is -0.251. The zero-order valence-corrected chi connectivity index (χ0v) is 32.7. The van der Waals surface area contributed by atoms with Crippen LogP contribution in [0, 0.1) is 0 Å². The first-order valence-electron chi connectivity index (χ1n) is 17.9. The third-order valence-electron chi connectivity index (χ3n) is 10.4. The van der Waals surface area contributed by atoms with E-state index in [1.165, 1.54) is 23.9 Å². The number of nitrogens with zero attached hydrogens (tertiary/aromatic N) is 4. The summed E-state index contributed by atoms with van der Waals surface area (Å²) in [6.07, 6.45) is 2.02. The average Bonchev–Trinajstić information content (AvgIpc) is 3.13. The molecule has 0 bridgehead atoms. The average molecular weight is 743 g/mol. The first-order valence-corrected chi connectivity index (χ1v) is 20.4. The van der Waals surface area contributed by atoms with Gasteiger partial charge in [0, 0.05) is 95.2 Å². The van der Waals surface area contributed by atoms with Gasteiger partial charge in [-0.25, -0.2) is 0 Å². The molecule has 0 aliphatic carbocycles. The highest BCUT2D eigenvalue weighted by Gasteiger charge is 2.32. The van der Waals surface area contributed by atoms with Crippen LogP contribution >= 0.6 is 21.6 Å². The molecule has 10 nitrogen and oxygen atoms in total. The molecule has 2 N–H and O–H groups in total. The van der Waals surface area contributed by atoms with Crippen molar-refractivity contribution in [1.29, 1.82) is 0 Å². The van der Waals surface area contributed by atoms with Crippen LogP contribution in [0.3, 0.4) is 0 Å². The Bertz CT molecular complexity index is 1860. The van der Waals surface area contributed by atoms with Gasteiger partial charge in [0.1, 0.15) is 0 Å². The zero-order valence-electron chi connectivity index (χ0n) is 31.1. The smallest absolute Gasteiger partial charge is 0.261 e. The van der Waals surface area contributed by atoms with E-state index in [-0.39, 0.29) is 23.6 Å². The first-order chi connectivity index (χ1) is 24.8. The molecule has 0 saturated carbocycles. The van der Waals surface area contributed by atoms with Gasteiger partial charge in [-0.2, -0.15) is 0 Å². The summed E-state index contributed by atoms with van der Waals surface area (Å²) >= 11 is 0. The Labute approximate surface area is 314 Å². The Kier molecular flexibility index (Phi) is 11.2. The number of imide groups is 2. The number of rotatable bonds is 17. The Morgan fingerprint density at radius 2 is 0.885 bits per heavy atom. The lowest BCUT2D eigenvalue weighted by Gasteiger charge is -2.30. The molecule has 0 radical (unpaired) electrons. The van der Waals surface area contributed by atoms with Gasteiger partial charge in [0.05, 0.1) is 65.9 Å². The van der Waals surface area contributed by atoms with E-state index in [0.29, 0.717) is 22.3 Å². The lowest BCUT2D eigenvalue weighted by Crippen LogP contribution is -2.43. The lowest BCUT2D eigenvalue weighted by molar-refractivity contribution is -0.887. The fourth-order valence-corrected chi connectivity index (χ4v) is 9.64. The maximum atomic E-state index is 12.7. The Morgan fingerprint density at radius 3 is 1.27 bits per heavy atom. The van der Waals surface area contributed by atoms with Crippen molar-refractivity contribution in [2.75, 3.05) is 104 Å². The first kappa shape index (κ1) is 37.7. The molecule has 4 aromatic carbocycles. The van der Waals surface area contributed by atoms with E-state index in [2.05, 4.69) is 38.8 Å². The summed E-state index contributed by atoms with van der Waals surface area (Å²) in [5.41, 5.74) is 4.24. The highest BCUT2D eigenvalue weighted by molar-refractivity contribution is 8.76. The Hall–Kier alpha value is -4.10. The monoisotopic (exact) mass is 742 g/mol. The van der Waals surface area contributed by atoms with E-state index in [1.807, 2.05) is 70.1 Å². The van der Waals surface area contributed by atoms with Crippen molar-refractivity contribution in [3.63, 3.8) is 0 Å². The molecular formula is C40H50N6O4S2+2. The predicted octanol–water partition coefficient (Wildman–Crippen LogP) is 6.28. The minimum Gasteiger partial charge on any atom is -0.384 e. The molecule has 2 heterocycles. The summed E-state index contributed by atoms with van der Waals surface area (Å²) in [6.45, 7) is 5.92. The molecule has 0 atom stereocenters. The van der Waals surface area contributed by atoms with Gasteiger partial charge < -0.3 is 19.6 Å². The number of hydrogen-bond acceptors (Lipinski definition) is 8. The van der Waals surface area contributed by atoms with Gasteiger partial charge >= 0.3 is 0 Å². The molecule has 0 saturated heterocycles. The summed E-state index contributed by atoms with van der Waals surface area (Å²) in [5, 5.41) is 10.5. The minimum absolute atomic E-state index is 0.251. The predicted molar refractivity (Wildman–Crippen MR) is 216 cm³/mol. The Balaban J connectivity index is 0.874. The number of anilines is 2. The molecule has 6 rings (SSSR count). The highest BCUT2D eigenvalue weighted by Crippen LogP contribution is 2.35. The van der Waals surface area contributed by atoms with E-state index in [9.17, 15) is 19.2 Å². The van der Waals surface area contributed by atoms with Crippen LogP contribution in [-0.4, -0.2) is 135 Å². The van der Waals surface area contributed by atoms with Crippen molar-refractivity contribution < 1.29 is 28.1 Å².